The van der Waals surface area contributed by atoms with Crippen LogP contribution in [-0.2, 0) is 19.7 Å². The molecule has 2 rings (SSSR count). The van der Waals surface area contributed by atoms with Gasteiger partial charge in [-0.25, -0.2) is 0 Å². The van der Waals surface area contributed by atoms with E-state index in [1.54, 1.807) is 0 Å². The molecule has 1 heterocycles. The third kappa shape index (κ3) is 3.96. The number of rotatable bonds is 9. The Morgan fingerprint density at radius 2 is 1.32 bits per heavy atom. The zero-order valence-electron chi connectivity index (χ0n) is 12.8. The number of halogens is 3. The van der Waals surface area contributed by atoms with Crippen molar-refractivity contribution in [3.05, 3.63) is 19.0 Å². The van der Waals surface area contributed by atoms with Crippen molar-refractivity contribution in [2.24, 2.45) is 0 Å². The van der Waals surface area contributed by atoms with E-state index < -0.39 is 8.80 Å². The fraction of sp³-hybridized carbons (Fsp3) is 0.571. The Bertz CT molecular complexity index is 537. The third-order valence-electron chi connectivity index (χ3n) is 3.26. The smallest absolute Gasteiger partial charge is 0.447 e. The standard InChI is InChI=1S/C14H19Br3O4Si/c1-4-18-22(19-5-2,20-6-3)8-7-9-10(15)12(17)14-13(21-14)11(9)16/h4-8H2,1-3H3. The van der Waals surface area contributed by atoms with E-state index in [0.717, 1.165) is 42.9 Å². The minimum absolute atomic E-state index is 0.589. The van der Waals surface area contributed by atoms with Gasteiger partial charge in [-0.2, -0.15) is 0 Å². The summed E-state index contributed by atoms with van der Waals surface area (Å²) in [5.74, 6) is 1.80. The lowest BCUT2D eigenvalue weighted by Gasteiger charge is -2.28. The maximum absolute atomic E-state index is 5.91. The maximum atomic E-state index is 5.91. The van der Waals surface area contributed by atoms with Gasteiger partial charge in [0.2, 0.25) is 0 Å². The van der Waals surface area contributed by atoms with Crippen LogP contribution in [0.4, 0.5) is 0 Å². The Kier molecular flexibility index (Phi) is 6.95. The van der Waals surface area contributed by atoms with Crippen molar-refractivity contribution in [1.82, 2.24) is 0 Å². The average Bonchev–Trinajstić information content (AvgIpc) is 3.27. The van der Waals surface area contributed by atoms with Gasteiger partial charge in [0.25, 0.3) is 0 Å². The zero-order chi connectivity index (χ0) is 16.3. The Labute approximate surface area is 157 Å². The zero-order valence-corrected chi connectivity index (χ0v) is 18.6. The molecule has 0 unspecified atom stereocenters. The Morgan fingerprint density at radius 3 is 1.82 bits per heavy atom. The predicted molar refractivity (Wildman–Crippen MR) is 98.8 cm³/mol. The van der Waals surface area contributed by atoms with E-state index in [1.807, 2.05) is 20.8 Å². The van der Waals surface area contributed by atoms with Crippen molar-refractivity contribution in [2.45, 2.75) is 33.2 Å². The highest BCUT2D eigenvalue weighted by Gasteiger charge is 2.41. The average molecular weight is 519 g/mol. The largest absolute Gasteiger partial charge is 0.501 e. The molecule has 0 radical (unpaired) electrons. The van der Waals surface area contributed by atoms with Crippen molar-refractivity contribution < 1.29 is 18.0 Å². The van der Waals surface area contributed by atoms with Crippen molar-refractivity contribution in [1.29, 1.82) is 0 Å². The molecule has 8 heteroatoms. The summed E-state index contributed by atoms with van der Waals surface area (Å²) >= 11 is 10.8. The van der Waals surface area contributed by atoms with Crippen LogP contribution >= 0.6 is 47.8 Å². The quantitative estimate of drug-likeness (QED) is 0.243. The Hall–Kier alpha value is 0.557. The van der Waals surface area contributed by atoms with Gasteiger partial charge in [-0.15, -0.1) is 0 Å². The van der Waals surface area contributed by atoms with Crippen molar-refractivity contribution in [2.75, 3.05) is 19.8 Å². The van der Waals surface area contributed by atoms with Crippen molar-refractivity contribution in [3.8, 4) is 11.5 Å². The molecule has 1 aromatic carbocycles. The van der Waals surface area contributed by atoms with Crippen LogP contribution < -0.4 is 4.74 Å². The molecule has 1 aliphatic rings. The van der Waals surface area contributed by atoms with Crippen LogP contribution in [0, 0.1) is 0 Å². The molecule has 0 amide bonds. The molecule has 0 N–H and O–H groups in total. The van der Waals surface area contributed by atoms with Crippen LogP contribution in [0.2, 0.25) is 6.04 Å². The second kappa shape index (κ2) is 8.09. The summed E-state index contributed by atoms with van der Waals surface area (Å²) in [7, 11) is -2.64. The lowest BCUT2D eigenvalue weighted by atomic mass is 10.2. The molecular weight excluding hydrogens is 500 g/mol. The first-order valence-electron chi connectivity index (χ1n) is 7.28. The van der Waals surface area contributed by atoms with Crippen LogP contribution in [0.5, 0.6) is 11.5 Å². The summed E-state index contributed by atoms with van der Waals surface area (Å²) in [5, 5.41) is 0. The Morgan fingerprint density at radius 1 is 0.818 bits per heavy atom. The highest BCUT2D eigenvalue weighted by Crippen LogP contribution is 2.59. The van der Waals surface area contributed by atoms with Crippen LogP contribution in [0.1, 0.15) is 26.3 Å². The minimum Gasteiger partial charge on any atom is -0.447 e. The second-order valence-corrected chi connectivity index (χ2v) is 9.77. The van der Waals surface area contributed by atoms with Gasteiger partial charge in [0.05, 0.1) is 8.95 Å². The lowest BCUT2D eigenvalue weighted by Crippen LogP contribution is -2.46. The van der Waals surface area contributed by atoms with E-state index in [4.69, 9.17) is 18.0 Å². The Balaban J connectivity index is 2.19. The summed E-state index contributed by atoms with van der Waals surface area (Å²) < 4.78 is 26.2. The molecule has 0 aromatic heterocycles. The summed E-state index contributed by atoms with van der Waals surface area (Å²) in [6, 6.07) is 0.727. The van der Waals surface area contributed by atoms with Crippen LogP contribution in [0.15, 0.2) is 13.4 Å². The molecule has 0 atom stereocenters. The van der Waals surface area contributed by atoms with Crippen LogP contribution in [0.3, 0.4) is 0 Å². The fourth-order valence-electron chi connectivity index (χ4n) is 2.33. The van der Waals surface area contributed by atoms with Gasteiger partial charge in [-0.05, 0) is 80.5 Å². The summed E-state index contributed by atoms with van der Waals surface area (Å²) in [4.78, 5) is 0. The van der Waals surface area contributed by atoms with E-state index in [2.05, 4.69) is 47.8 Å². The molecule has 0 spiro atoms. The first-order valence-corrected chi connectivity index (χ1v) is 11.6. The van der Waals surface area contributed by atoms with Gasteiger partial charge in [0.1, 0.15) is 0 Å². The van der Waals surface area contributed by atoms with E-state index in [9.17, 15) is 0 Å². The molecule has 4 nitrogen and oxygen atoms in total. The van der Waals surface area contributed by atoms with Crippen LogP contribution in [0.25, 0.3) is 0 Å². The molecule has 124 valence electrons. The number of fused-ring (bicyclic) bond motifs is 1. The van der Waals surface area contributed by atoms with Gasteiger partial charge < -0.3 is 18.0 Å². The predicted octanol–water partition coefficient (Wildman–Crippen LogP) is 5.67. The molecule has 22 heavy (non-hydrogen) atoms. The molecular formula is C14H19Br3O4Si. The monoisotopic (exact) mass is 516 g/mol. The molecule has 0 aliphatic carbocycles. The first kappa shape index (κ1) is 18.9. The topological polar surface area (TPSA) is 40.2 Å². The van der Waals surface area contributed by atoms with Crippen LogP contribution in [-0.4, -0.2) is 28.6 Å². The number of benzene rings is 1. The molecule has 1 aliphatic heterocycles. The summed E-state index contributed by atoms with van der Waals surface area (Å²) in [6.07, 6.45) is 0.780. The molecule has 0 saturated heterocycles. The minimum atomic E-state index is -2.64. The van der Waals surface area contributed by atoms with Crippen molar-refractivity contribution >= 4 is 56.6 Å². The maximum Gasteiger partial charge on any atom is 0.501 e. The third-order valence-corrected chi connectivity index (χ3v) is 9.31. The lowest BCUT2D eigenvalue weighted by molar-refractivity contribution is 0.0714. The number of hydrogen-bond donors (Lipinski definition) is 0. The SMILES string of the molecule is CCO[Si](CCc1c(Br)c(Br)c2c(c1Br)O2)(OCC)OCC. The second-order valence-electron chi connectivity index (χ2n) is 4.66. The number of ether oxygens (including phenoxy) is 1. The van der Waals surface area contributed by atoms with Gasteiger partial charge in [0.15, 0.2) is 11.5 Å². The van der Waals surface area contributed by atoms with Crippen molar-refractivity contribution in [3.63, 3.8) is 0 Å². The normalized spacial score (nSPS) is 13.0. The summed E-state index contributed by atoms with van der Waals surface area (Å²) in [6.45, 7) is 7.67. The van der Waals surface area contributed by atoms with Gasteiger partial charge >= 0.3 is 8.80 Å². The molecule has 0 saturated carbocycles. The summed E-state index contributed by atoms with van der Waals surface area (Å²) in [5.41, 5.74) is 1.14. The van der Waals surface area contributed by atoms with E-state index in [-0.39, 0.29) is 0 Å². The van der Waals surface area contributed by atoms with E-state index >= 15 is 0 Å². The van der Waals surface area contributed by atoms with Gasteiger partial charge in [-0.1, -0.05) is 0 Å². The highest BCUT2D eigenvalue weighted by molar-refractivity contribution is 9.13. The van der Waals surface area contributed by atoms with Gasteiger partial charge in [0, 0.05) is 30.3 Å². The molecule has 0 fully saturated rings. The van der Waals surface area contributed by atoms with E-state index in [0.29, 0.717) is 19.8 Å². The van der Waals surface area contributed by atoms with Gasteiger partial charge in [-0.3, -0.25) is 0 Å². The molecule has 1 aromatic rings. The first-order chi connectivity index (χ1) is 10.5. The van der Waals surface area contributed by atoms with E-state index in [1.165, 1.54) is 0 Å². The molecule has 0 bridgehead atoms. The highest BCUT2D eigenvalue weighted by atomic mass is 79.9. The fourth-order valence-corrected chi connectivity index (χ4v) is 6.89. The number of hydrogen-bond acceptors (Lipinski definition) is 4.